The van der Waals surface area contributed by atoms with Crippen LogP contribution in [0, 0.1) is 0 Å². The Hall–Kier alpha value is -1.76. The third kappa shape index (κ3) is 2.90. The lowest BCUT2D eigenvalue weighted by atomic mass is 10.2. The van der Waals surface area contributed by atoms with Crippen LogP contribution in [0.1, 0.15) is 0 Å². The van der Waals surface area contributed by atoms with Gasteiger partial charge < -0.3 is 0 Å². The number of hydrazone groups is 1. The van der Waals surface area contributed by atoms with Crippen molar-refractivity contribution in [3.05, 3.63) is 39.5 Å². The van der Waals surface area contributed by atoms with Gasteiger partial charge in [0.25, 0.3) is 5.91 Å². The Kier molecular flexibility index (Phi) is 4.65. The van der Waals surface area contributed by atoms with Gasteiger partial charge in [-0.05, 0) is 12.1 Å². The van der Waals surface area contributed by atoms with Gasteiger partial charge in [-0.3, -0.25) is 20.0 Å². The molecule has 1 aliphatic heterocycles. The van der Waals surface area contributed by atoms with Crippen molar-refractivity contribution in [3.63, 3.8) is 0 Å². The van der Waals surface area contributed by atoms with Crippen molar-refractivity contribution in [3.8, 4) is 0 Å². The smallest absolute Gasteiger partial charge is 0.295 e. The number of urea groups is 1. The number of hydrogen-bond acceptors (Lipinski definition) is 4. The average molecular weight is 362 g/mol. The van der Waals surface area contributed by atoms with Crippen molar-refractivity contribution in [2.75, 3.05) is 19.5 Å². The van der Waals surface area contributed by atoms with Crippen molar-refractivity contribution in [1.82, 2.24) is 9.80 Å². The summed E-state index contributed by atoms with van der Waals surface area (Å²) in [6, 6.07) is 2.44. The van der Waals surface area contributed by atoms with E-state index < -0.39 is 11.9 Å². The first kappa shape index (κ1) is 16.6. The molecular formula is C13H11Cl3N4O2. The third-order valence-corrected chi connectivity index (χ3v) is 4.09. The molecular weight excluding hydrogens is 351 g/mol. The van der Waals surface area contributed by atoms with Crippen LogP contribution in [0.2, 0.25) is 15.1 Å². The minimum atomic E-state index is -0.572. The molecule has 22 heavy (non-hydrogen) atoms. The van der Waals surface area contributed by atoms with Gasteiger partial charge >= 0.3 is 6.03 Å². The van der Waals surface area contributed by atoms with Gasteiger partial charge in [-0.1, -0.05) is 41.4 Å². The van der Waals surface area contributed by atoms with E-state index in [4.69, 9.17) is 34.8 Å². The number of anilines is 1. The van der Waals surface area contributed by atoms with E-state index in [1.807, 2.05) is 0 Å². The number of amides is 3. The molecule has 0 atom stereocenters. The molecule has 3 amide bonds. The lowest BCUT2D eigenvalue weighted by molar-refractivity contribution is -0.121. The van der Waals surface area contributed by atoms with Crippen LogP contribution in [0.4, 0.5) is 10.5 Å². The zero-order valence-electron chi connectivity index (χ0n) is 11.7. The number of nitrogens with zero attached hydrogens (tertiary/aromatic N) is 3. The molecule has 1 fully saturated rings. The summed E-state index contributed by atoms with van der Waals surface area (Å²) in [6.45, 7) is 3.68. The van der Waals surface area contributed by atoms with Gasteiger partial charge in [-0.25, -0.2) is 4.79 Å². The van der Waals surface area contributed by atoms with Crippen LogP contribution in [0.5, 0.6) is 0 Å². The lowest BCUT2D eigenvalue weighted by Gasteiger charge is -2.31. The fourth-order valence-electron chi connectivity index (χ4n) is 1.71. The third-order valence-electron chi connectivity index (χ3n) is 3.06. The Morgan fingerprint density at radius 3 is 2.27 bits per heavy atom. The number of imide groups is 1. The van der Waals surface area contributed by atoms with Crippen LogP contribution in [0.25, 0.3) is 0 Å². The standard InChI is InChI=1S/C13H11Cl3N4O2/c1-6-11(12(21)20(3)13(22)19(6)2)18-17-10-5-8(15)7(14)4-9(10)16/h4-5,17H,1H2,2-3H3/b18-11-. The first-order chi connectivity index (χ1) is 10.2. The molecule has 2 rings (SSSR count). The molecule has 0 saturated carbocycles. The molecule has 0 unspecified atom stereocenters. The van der Waals surface area contributed by atoms with Gasteiger partial charge in [-0.2, -0.15) is 5.10 Å². The summed E-state index contributed by atoms with van der Waals surface area (Å²) < 4.78 is 0. The van der Waals surface area contributed by atoms with E-state index in [2.05, 4.69) is 17.1 Å². The molecule has 0 spiro atoms. The lowest BCUT2D eigenvalue weighted by Crippen LogP contribution is -2.52. The second-order valence-corrected chi connectivity index (χ2v) is 5.69. The fourth-order valence-corrected chi connectivity index (χ4v) is 2.29. The molecule has 1 aliphatic rings. The molecule has 1 saturated heterocycles. The summed E-state index contributed by atoms with van der Waals surface area (Å²) in [5.74, 6) is -0.572. The minimum Gasteiger partial charge on any atom is -0.295 e. The van der Waals surface area contributed by atoms with E-state index in [1.165, 1.54) is 31.1 Å². The summed E-state index contributed by atoms with van der Waals surface area (Å²) in [6.07, 6.45) is 0. The largest absolute Gasteiger partial charge is 0.331 e. The summed E-state index contributed by atoms with van der Waals surface area (Å²) in [4.78, 5) is 26.0. The number of halogens is 3. The molecule has 1 aromatic carbocycles. The molecule has 0 aliphatic carbocycles. The zero-order valence-corrected chi connectivity index (χ0v) is 13.9. The van der Waals surface area contributed by atoms with E-state index >= 15 is 0 Å². The van der Waals surface area contributed by atoms with Crippen LogP contribution in [0.15, 0.2) is 29.5 Å². The van der Waals surface area contributed by atoms with E-state index in [0.29, 0.717) is 10.7 Å². The van der Waals surface area contributed by atoms with Crippen LogP contribution in [-0.2, 0) is 4.79 Å². The highest BCUT2D eigenvalue weighted by Gasteiger charge is 2.35. The minimum absolute atomic E-state index is 0.00765. The van der Waals surface area contributed by atoms with Crippen LogP contribution >= 0.6 is 34.8 Å². The van der Waals surface area contributed by atoms with Crippen molar-refractivity contribution in [2.45, 2.75) is 0 Å². The van der Waals surface area contributed by atoms with Crippen LogP contribution in [-0.4, -0.2) is 41.5 Å². The Balaban J connectivity index is 2.33. The second-order valence-electron chi connectivity index (χ2n) is 4.47. The van der Waals surface area contributed by atoms with Gasteiger partial charge in [0, 0.05) is 14.1 Å². The van der Waals surface area contributed by atoms with Gasteiger partial charge in [0.05, 0.1) is 26.5 Å². The van der Waals surface area contributed by atoms with Crippen LogP contribution < -0.4 is 5.43 Å². The molecule has 0 aromatic heterocycles. The van der Waals surface area contributed by atoms with Gasteiger partial charge in [-0.15, -0.1) is 0 Å². The normalized spacial score (nSPS) is 17.5. The first-order valence-electron chi connectivity index (χ1n) is 5.97. The summed E-state index contributed by atoms with van der Waals surface area (Å²) >= 11 is 17.8. The van der Waals surface area contributed by atoms with Gasteiger partial charge in [0.2, 0.25) is 0 Å². The number of nitrogens with one attached hydrogen (secondary N) is 1. The van der Waals surface area contributed by atoms with Gasteiger partial charge in [0.1, 0.15) is 0 Å². The maximum absolute atomic E-state index is 12.1. The quantitative estimate of drug-likeness (QED) is 0.648. The van der Waals surface area contributed by atoms with Gasteiger partial charge in [0.15, 0.2) is 5.71 Å². The predicted octanol–water partition coefficient (Wildman–Crippen LogP) is 3.45. The first-order valence-corrected chi connectivity index (χ1v) is 7.10. The molecule has 0 bridgehead atoms. The Bertz CT molecular complexity index is 691. The van der Waals surface area contributed by atoms with Crippen molar-refractivity contribution in [2.24, 2.45) is 5.10 Å². The maximum atomic E-state index is 12.1. The topological polar surface area (TPSA) is 65.0 Å². The monoisotopic (exact) mass is 360 g/mol. The summed E-state index contributed by atoms with van der Waals surface area (Å²) in [7, 11) is 2.85. The predicted molar refractivity (Wildman–Crippen MR) is 87.6 cm³/mol. The molecule has 9 heteroatoms. The van der Waals surface area contributed by atoms with E-state index in [1.54, 1.807) is 0 Å². The Labute approximate surface area is 141 Å². The number of carbonyl (C=O) groups is 2. The number of hydrogen-bond donors (Lipinski definition) is 1. The van der Waals surface area contributed by atoms with Crippen molar-refractivity contribution >= 4 is 58.1 Å². The number of rotatable bonds is 2. The maximum Gasteiger partial charge on any atom is 0.331 e. The fraction of sp³-hybridized carbons (Fsp3) is 0.154. The van der Waals surface area contributed by atoms with E-state index in [0.717, 1.165) is 4.90 Å². The van der Waals surface area contributed by atoms with Crippen molar-refractivity contribution in [1.29, 1.82) is 0 Å². The van der Waals surface area contributed by atoms with E-state index in [9.17, 15) is 9.59 Å². The van der Waals surface area contributed by atoms with Crippen LogP contribution in [0.3, 0.4) is 0 Å². The van der Waals surface area contributed by atoms with Crippen molar-refractivity contribution < 1.29 is 9.59 Å². The molecule has 1 heterocycles. The highest BCUT2D eigenvalue weighted by molar-refractivity contribution is 6.49. The molecule has 116 valence electrons. The average Bonchev–Trinajstić information content (AvgIpc) is 2.48. The molecule has 1 N–H and O–H groups in total. The van der Waals surface area contributed by atoms with E-state index in [-0.39, 0.29) is 21.5 Å². The Morgan fingerprint density at radius 2 is 1.64 bits per heavy atom. The second kappa shape index (κ2) is 6.16. The highest BCUT2D eigenvalue weighted by atomic mass is 35.5. The molecule has 0 radical (unpaired) electrons. The molecule has 1 aromatic rings. The highest BCUT2D eigenvalue weighted by Crippen LogP contribution is 2.32. The molecule has 6 nitrogen and oxygen atoms in total. The number of carbonyl (C=O) groups excluding carboxylic acids is 2. The zero-order chi connectivity index (χ0) is 16.6. The summed E-state index contributed by atoms with van der Waals surface area (Å²) in [5, 5.41) is 4.84. The SMILES string of the molecule is C=C1/C(=N/Nc2cc(Cl)c(Cl)cc2Cl)C(=O)N(C)C(=O)N1C. The Morgan fingerprint density at radius 1 is 1.05 bits per heavy atom. The number of benzene rings is 1. The summed E-state index contributed by atoms with van der Waals surface area (Å²) in [5.41, 5.74) is 3.17.